The molecule has 0 saturated heterocycles. The van der Waals surface area contributed by atoms with Crippen LogP contribution >= 0.6 is 0 Å². The molecule has 0 saturated carbocycles. The van der Waals surface area contributed by atoms with E-state index in [1.807, 2.05) is 0 Å². The molecule has 1 aliphatic carbocycles. The van der Waals surface area contributed by atoms with Crippen molar-refractivity contribution in [2.24, 2.45) is 0 Å². The van der Waals surface area contributed by atoms with Crippen LogP contribution in [0.15, 0.2) is 164 Å². The van der Waals surface area contributed by atoms with Crippen molar-refractivity contribution in [3.05, 3.63) is 186 Å². The van der Waals surface area contributed by atoms with Gasteiger partial charge in [-0.1, -0.05) is 98.3 Å². The molecule has 55 heavy (non-hydrogen) atoms. The van der Waals surface area contributed by atoms with Gasteiger partial charge in [0.1, 0.15) is 11.5 Å². The molecule has 0 atom stereocenters. The number of benzene rings is 8. The summed E-state index contributed by atoms with van der Waals surface area (Å²) in [6.07, 6.45) is 0. The molecule has 0 unspecified atom stereocenters. The van der Waals surface area contributed by atoms with Crippen molar-refractivity contribution < 1.29 is 4.74 Å². The van der Waals surface area contributed by atoms with Crippen molar-refractivity contribution >= 4 is 68.0 Å². The summed E-state index contributed by atoms with van der Waals surface area (Å²) < 4.78 is 7.00. The van der Waals surface area contributed by atoms with E-state index < -0.39 is 0 Å². The standard InChI is InChI=1S/C51H39BN2O/c1-32-19-22-38(23-20-32)53(36-13-7-5-8-14-36)39-24-21-34-28-40-41-30-48-45(31-43(41)51(3,4)42(40)29-35(34)27-39)52-44-17-11-12-18-46(44)54(37-15-9-6-10-16-37)47-25-33(2)26-49(55-48)50(47)52/h5-31H,1-4H3. The molecule has 0 aromatic heterocycles. The number of rotatable bonds is 4. The third kappa shape index (κ3) is 4.77. The minimum atomic E-state index is -0.208. The summed E-state index contributed by atoms with van der Waals surface area (Å²) in [5.41, 5.74) is 18.3. The van der Waals surface area contributed by atoms with Crippen molar-refractivity contribution in [2.45, 2.75) is 33.1 Å². The maximum absolute atomic E-state index is 7.00. The number of hydrogen-bond acceptors (Lipinski definition) is 3. The van der Waals surface area contributed by atoms with Crippen molar-refractivity contribution in [1.82, 2.24) is 0 Å². The number of ether oxygens (including phenoxy) is 1. The molecule has 0 spiro atoms. The number of fused-ring (bicyclic) bond motifs is 8. The zero-order valence-corrected chi connectivity index (χ0v) is 31.5. The Hall–Kier alpha value is -6.52. The molecule has 3 nitrogen and oxygen atoms in total. The highest BCUT2D eigenvalue weighted by Gasteiger charge is 2.44. The number of aryl methyl sites for hydroxylation is 2. The van der Waals surface area contributed by atoms with Crippen LogP contribution in [0.25, 0.3) is 21.9 Å². The van der Waals surface area contributed by atoms with E-state index in [1.54, 1.807) is 0 Å². The molecule has 8 aromatic carbocycles. The monoisotopic (exact) mass is 706 g/mol. The van der Waals surface area contributed by atoms with Crippen LogP contribution in [0.5, 0.6) is 11.5 Å². The Morgan fingerprint density at radius 1 is 0.509 bits per heavy atom. The number of para-hydroxylation sites is 3. The van der Waals surface area contributed by atoms with Gasteiger partial charge in [0.05, 0.1) is 0 Å². The summed E-state index contributed by atoms with van der Waals surface area (Å²) in [6, 6.07) is 60.2. The molecular formula is C51H39BN2O. The van der Waals surface area contributed by atoms with Crippen molar-refractivity contribution in [1.29, 1.82) is 0 Å². The van der Waals surface area contributed by atoms with Crippen LogP contribution in [0.1, 0.15) is 36.1 Å². The average Bonchev–Trinajstić information content (AvgIpc) is 3.41. The van der Waals surface area contributed by atoms with Gasteiger partial charge in [-0.3, -0.25) is 0 Å². The Kier molecular flexibility index (Phi) is 6.82. The summed E-state index contributed by atoms with van der Waals surface area (Å²) in [7, 11) is 0. The lowest BCUT2D eigenvalue weighted by molar-refractivity contribution is 0.487. The van der Waals surface area contributed by atoms with Crippen LogP contribution in [-0.2, 0) is 5.41 Å². The van der Waals surface area contributed by atoms with E-state index in [0.717, 1.165) is 34.2 Å². The van der Waals surface area contributed by atoms with E-state index in [2.05, 4.69) is 201 Å². The zero-order chi connectivity index (χ0) is 37.0. The van der Waals surface area contributed by atoms with Crippen LogP contribution in [0.2, 0.25) is 0 Å². The molecule has 0 fully saturated rings. The van der Waals surface area contributed by atoms with Gasteiger partial charge in [-0.25, -0.2) is 0 Å². The molecule has 2 heterocycles. The van der Waals surface area contributed by atoms with Crippen LogP contribution in [0.4, 0.5) is 34.1 Å². The topological polar surface area (TPSA) is 15.7 Å². The molecular weight excluding hydrogens is 667 g/mol. The maximum atomic E-state index is 7.00. The van der Waals surface area contributed by atoms with E-state index in [0.29, 0.717) is 0 Å². The lowest BCUT2D eigenvalue weighted by Gasteiger charge is -2.40. The largest absolute Gasteiger partial charge is 0.458 e. The van der Waals surface area contributed by atoms with E-state index in [9.17, 15) is 0 Å². The van der Waals surface area contributed by atoms with Gasteiger partial charge >= 0.3 is 0 Å². The van der Waals surface area contributed by atoms with E-state index in [4.69, 9.17) is 4.74 Å². The molecule has 0 radical (unpaired) electrons. The maximum Gasteiger partial charge on any atom is 0.256 e. The van der Waals surface area contributed by atoms with Gasteiger partial charge in [-0.05, 0) is 154 Å². The molecule has 262 valence electrons. The highest BCUT2D eigenvalue weighted by molar-refractivity contribution is 6.99. The SMILES string of the molecule is Cc1ccc(N(c2ccccc2)c2ccc3cc4c(cc3c2)C(C)(C)c2cc3c(cc2-4)Oc2cc(C)cc4c2B3c2ccccc2N4c2ccccc2)cc1. The van der Waals surface area contributed by atoms with Crippen molar-refractivity contribution in [3.8, 4) is 22.6 Å². The fraction of sp³-hybridized carbons (Fsp3) is 0.0980. The first-order valence-electron chi connectivity index (χ1n) is 19.3. The predicted octanol–water partition coefficient (Wildman–Crippen LogP) is 11.6. The van der Waals surface area contributed by atoms with Gasteiger partial charge in [0.2, 0.25) is 0 Å². The predicted molar refractivity (Wildman–Crippen MR) is 232 cm³/mol. The van der Waals surface area contributed by atoms with Crippen molar-refractivity contribution in [3.63, 3.8) is 0 Å². The van der Waals surface area contributed by atoms with Gasteiger partial charge in [0.15, 0.2) is 0 Å². The van der Waals surface area contributed by atoms with Crippen LogP contribution < -0.4 is 30.9 Å². The Morgan fingerprint density at radius 3 is 1.98 bits per heavy atom. The quantitative estimate of drug-likeness (QED) is 0.170. The second kappa shape index (κ2) is 11.7. The fourth-order valence-electron chi connectivity index (χ4n) is 9.50. The molecule has 4 heteroatoms. The van der Waals surface area contributed by atoms with E-state index >= 15 is 0 Å². The lowest BCUT2D eigenvalue weighted by Crippen LogP contribution is -2.59. The van der Waals surface area contributed by atoms with Gasteiger partial charge in [-0.15, -0.1) is 0 Å². The fourth-order valence-corrected chi connectivity index (χ4v) is 9.50. The number of anilines is 6. The summed E-state index contributed by atoms with van der Waals surface area (Å²) in [5.74, 6) is 1.90. The number of nitrogens with zero attached hydrogens (tertiary/aromatic N) is 2. The first-order valence-corrected chi connectivity index (χ1v) is 19.3. The minimum Gasteiger partial charge on any atom is -0.458 e. The smallest absolute Gasteiger partial charge is 0.256 e. The van der Waals surface area contributed by atoms with Crippen LogP contribution in [-0.4, -0.2) is 6.71 Å². The van der Waals surface area contributed by atoms with E-state index in [1.165, 1.54) is 71.9 Å². The molecule has 0 bridgehead atoms. The van der Waals surface area contributed by atoms with Gasteiger partial charge < -0.3 is 14.5 Å². The molecule has 11 rings (SSSR count). The van der Waals surface area contributed by atoms with Gasteiger partial charge in [0.25, 0.3) is 6.71 Å². The Morgan fingerprint density at radius 2 is 1.18 bits per heavy atom. The molecule has 2 aliphatic heterocycles. The molecule has 0 N–H and O–H groups in total. The van der Waals surface area contributed by atoms with Crippen molar-refractivity contribution in [2.75, 3.05) is 9.80 Å². The third-order valence-corrected chi connectivity index (χ3v) is 12.1. The number of hydrogen-bond donors (Lipinski definition) is 0. The highest BCUT2D eigenvalue weighted by atomic mass is 16.5. The second-order valence-electron chi connectivity index (χ2n) is 16.0. The summed E-state index contributed by atoms with van der Waals surface area (Å²) in [6.45, 7) is 9.15. The Balaban J connectivity index is 1.06. The third-order valence-electron chi connectivity index (χ3n) is 12.1. The molecule has 8 aromatic rings. The van der Waals surface area contributed by atoms with Crippen LogP contribution in [0.3, 0.4) is 0 Å². The van der Waals surface area contributed by atoms with E-state index in [-0.39, 0.29) is 12.1 Å². The molecule has 3 aliphatic rings. The summed E-state index contributed by atoms with van der Waals surface area (Å²) in [5, 5.41) is 2.47. The minimum absolute atomic E-state index is 0.0581. The Bertz CT molecular complexity index is 2850. The first kappa shape index (κ1) is 32.0. The van der Waals surface area contributed by atoms with Crippen LogP contribution in [0, 0.1) is 13.8 Å². The first-order chi connectivity index (χ1) is 26.8. The zero-order valence-electron chi connectivity index (χ0n) is 31.5. The average molecular weight is 707 g/mol. The second-order valence-corrected chi connectivity index (χ2v) is 16.0. The normalized spacial score (nSPS) is 14.0. The molecule has 0 amide bonds. The highest BCUT2D eigenvalue weighted by Crippen LogP contribution is 2.52. The lowest BCUT2D eigenvalue weighted by atomic mass is 9.34. The van der Waals surface area contributed by atoms with Gasteiger partial charge in [-0.2, -0.15) is 0 Å². The summed E-state index contributed by atoms with van der Waals surface area (Å²) in [4.78, 5) is 4.77. The van der Waals surface area contributed by atoms with Gasteiger partial charge in [0, 0.05) is 39.5 Å². The summed E-state index contributed by atoms with van der Waals surface area (Å²) >= 11 is 0. The Labute approximate surface area is 323 Å².